The first-order valence-corrected chi connectivity index (χ1v) is 7.26. The Morgan fingerprint density at radius 3 is 3.00 bits per heavy atom. The number of aryl methyl sites for hydroxylation is 1. The SMILES string of the molecule is Cc1cc2ncc(CN[C@@H](C)C3CCCC3)cn2n1. The highest BCUT2D eigenvalue weighted by Gasteiger charge is 2.20. The van der Waals surface area contributed by atoms with Gasteiger partial charge in [0.05, 0.1) is 5.69 Å². The molecule has 1 saturated carbocycles. The predicted octanol–water partition coefficient (Wildman–Crippen LogP) is 2.71. The van der Waals surface area contributed by atoms with Gasteiger partial charge in [0, 0.05) is 36.6 Å². The van der Waals surface area contributed by atoms with Crippen LogP contribution in [0.15, 0.2) is 18.5 Å². The first-order chi connectivity index (χ1) is 9.22. The standard InChI is InChI=1S/C15H22N4/c1-11-7-15-17-9-13(10-19(15)18-11)8-16-12(2)14-5-3-4-6-14/h7,9-10,12,14,16H,3-6,8H2,1-2H3/t12-/m0/s1. The van der Waals surface area contributed by atoms with Crippen molar-refractivity contribution in [2.75, 3.05) is 0 Å². The van der Waals surface area contributed by atoms with Gasteiger partial charge in [-0.2, -0.15) is 5.10 Å². The van der Waals surface area contributed by atoms with E-state index in [4.69, 9.17) is 0 Å². The minimum absolute atomic E-state index is 0.595. The third-order valence-electron chi connectivity index (χ3n) is 4.22. The molecule has 1 fully saturated rings. The quantitative estimate of drug-likeness (QED) is 0.917. The molecule has 2 aromatic rings. The van der Waals surface area contributed by atoms with Gasteiger partial charge in [0.1, 0.15) is 0 Å². The van der Waals surface area contributed by atoms with Crippen molar-refractivity contribution >= 4 is 5.65 Å². The molecule has 3 rings (SSSR count). The van der Waals surface area contributed by atoms with Gasteiger partial charge in [-0.1, -0.05) is 12.8 Å². The van der Waals surface area contributed by atoms with Gasteiger partial charge in [0.25, 0.3) is 0 Å². The van der Waals surface area contributed by atoms with E-state index in [9.17, 15) is 0 Å². The second-order valence-corrected chi connectivity index (χ2v) is 5.76. The number of rotatable bonds is 4. The Bertz CT molecular complexity index is 554. The summed E-state index contributed by atoms with van der Waals surface area (Å²) in [5.74, 6) is 0.851. The number of aromatic nitrogens is 3. The molecule has 1 N–H and O–H groups in total. The molecule has 4 nitrogen and oxygen atoms in total. The van der Waals surface area contributed by atoms with Crippen LogP contribution < -0.4 is 5.32 Å². The van der Waals surface area contributed by atoms with E-state index in [1.165, 1.54) is 31.2 Å². The molecule has 1 aliphatic carbocycles. The van der Waals surface area contributed by atoms with Crippen molar-refractivity contribution in [1.29, 1.82) is 0 Å². The minimum atomic E-state index is 0.595. The molecule has 1 aliphatic rings. The number of nitrogens with zero attached hydrogens (tertiary/aromatic N) is 3. The normalized spacial score (nSPS) is 18.2. The molecule has 0 unspecified atom stereocenters. The van der Waals surface area contributed by atoms with E-state index in [1.807, 2.05) is 23.7 Å². The van der Waals surface area contributed by atoms with Crippen molar-refractivity contribution in [3.8, 4) is 0 Å². The zero-order valence-corrected chi connectivity index (χ0v) is 11.8. The number of nitrogens with one attached hydrogen (secondary N) is 1. The van der Waals surface area contributed by atoms with Crippen LogP contribution in [0.4, 0.5) is 0 Å². The monoisotopic (exact) mass is 258 g/mol. The largest absolute Gasteiger partial charge is 0.310 e. The average molecular weight is 258 g/mol. The molecular formula is C15H22N4. The topological polar surface area (TPSA) is 42.2 Å². The molecule has 1 atom stereocenters. The van der Waals surface area contributed by atoms with Crippen LogP contribution in [0.1, 0.15) is 43.9 Å². The lowest BCUT2D eigenvalue weighted by molar-refractivity contribution is 0.380. The number of hydrogen-bond donors (Lipinski definition) is 1. The van der Waals surface area contributed by atoms with Crippen molar-refractivity contribution < 1.29 is 0 Å². The van der Waals surface area contributed by atoms with Gasteiger partial charge in [0.2, 0.25) is 0 Å². The maximum absolute atomic E-state index is 4.44. The lowest BCUT2D eigenvalue weighted by Gasteiger charge is -2.20. The zero-order chi connectivity index (χ0) is 13.2. The maximum Gasteiger partial charge on any atom is 0.155 e. The Labute approximate surface area is 114 Å². The number of hydrogen-bond acceptors (Lipinski definition) is 3. The van der Waals surface area contributed by atoms with Crippen LogP contribution >= 0.6 is 0 Å². The molecule has 0 bridgehead atoms. The third-order valence-corrected chi connectivity index (χ3v) is 4.22. The van der Waals surface area contributed by atoms with Crippen LogP contribution in [0, 0.1) is 12.8 Å². The first kappa shape index (κ1) is 12.6. The summed E-state index contributed by atoms with van der Waals surface area (Å²) in [7, 11) is 0. The van der Waals surface area contributed by atoms with Crippen LogP contribution in [0.25, 0.3) is 5.65 Å². The van der Waals surface area contributed by atoms with E-state index >= 15 is 0 Å². The summed E-state index contributed by atoms with van der Waals surface area (Å²) < 4.78 is 1.87. The molecule has 0 aromatic carbocycles. The first-order valence-electron chi connectivity index (χ1n) is 7.26. The van der Waals surface area contributed by atoms with Crippen LogP contribution in [0.5, 0.6) is 0 Å². The predicted molar refractivity (Wildman–Crippen MR) is 76.0 cm³/mol. The smallest absolute Gasteiger partial charge is 0.155 e. The van der Waals surface area contributed by atoms with Crippen molar-refractivity contribution in [3.63, 3.8) is 0 Å². The second kappa shape index (κ2) is 5.29. The molecule has 0 spiro atoms. The van der Waals surface area contributed by atoms with Gasteiger partial charge in [0.15, 0.2) is 5.65 Å². The summed E-state index contributed by atoms with van der Waals surface area (Å²) in [6.45, 7) is 5.17. The third kappa shape index (κ3) is 2.78. The van der Waals surface area contributed by atoms with Gasteiger partial charge >= 0.3 is 0 Å². The van der Waals surface area contributed by atoms with Crippen LogP contribution in [-0.2, 0) is 6.54 Å². The molecule has 0 saturated heterocycles. The summed E-state index contributed by atoms with van der Waals surface area (Å²) in [4.78, 5) is 4.44. The summed E-state index contributed by atoms with van der Waals surface area (Å²) >= 11 is 0. The Balaban J connectivity index is 1.64. The average Bonchev–Trinajstić information content (AvgIpc) is 3.03. The van der Waals surface area contributed by atoms with Crippen LogP contribution in [0.3, 0.4) is 0 Å². The summed E-state index contributed by atoms with van der Waals surface area (Å²) in [6, 6.07) is 2.59. The van der Waals surface area contributed by atoms with Crippen molar-refractivity contribution in [2.24, 2.45) is 5.92 Å². The van der Waals surface area contributed by atoms with Crippen molar-refractivity contribution in [3.05, 3.63) is 29.7 Å². The lowest BCUT2D eigenvalue weighted by Crippen LogP contribution is -2.31. The van der Waals surface area contributed by atoms with Gasteiger partial charge in [-0.3, -0.25) is 0 Å². The molecule has 19 heavy (non-hydrogen) atoms. The zero-order valence-electron chi connectivity index (χ0n) is 11.8. The van der Waals surface area contributed by atoms with Gasteiger partial charge in [-0.25, -0.2) is 9.50 Å². The van der Waals surface area contributed by atoms with E-state index in [2.05, 4.69) is 28.5 Å². The Hall–Kier alpha value is -1.42. The van der Waals surface area contributed by atoms with Gasteiger partial charge < -0.3 is 5.32 Å². The van der Waals surface area contributed by atoms with Crippen molar-refractivity contribution in [2.45, 2.75) is 52.1 Å². The second-order valence-electron chi connectivity index (χ2n) is 5.76. The molecule has 0 radical (unpaired) electrons. The Kier molecular flexibility index (Phi) is 3.51. The lowest BCUT2D eigenvalue weighted by atomic mass is 10.00. The van der Waals surface area contributed by atoms with Crippen LogP contribution in [0.2, 0.25) is 0 Å². The number of fused-ring (bicyclic) bond motifs is 1. The fraction of sp³-hybridized carbons (Fsp3) is 0.600. The van der Waals surface area contributed by atoms with Crippen LogP contribution in [-0.4, -0.2) is 20.6 Å². The van der Waals surface area contributed by atoms with E-state index in [-0.39, 0.29) is 0 Å². The molecule has 102 valence electrons. The van der Waals surface area contributed by atoms with E-state index in [1.54, 1.807) is 0 Å². The highest BCUT2D eigenvalue weighted by atomic mass is 15.2. The minimum Gasteiger partial charge on any atom is -0.310 e. The Morgan fingerprint density at radius 1 is 1.42 bits per heavy atom. The maximum atomic E-state index is 4.44. The fourth-order valence-corrected chi connectivity index (χ4v) is 3.03. The molecule has 0 aliphatic heterocycles. The molecule has 2 heterocycles. The fourth-order valence-electron chi connectivity index (χ4n) is 3.03. The molecular weight excluding hydrogens is 236 g/mol. The Morgan fingerprint density at radius 2 is 2.21 bits per heavy atom. The van der Waals surface area contributed by atoms with E-state index < -0.39 is 0 Å². The molecule has 2 aromatic heterocycles. The summed E-state index contributed by atoms with van der Waals surface area (Å²) in [5.41, 5.74) is 3.13. The highest BCUT2D eigenvalue weighted by Crippen LogP contribution is 2.27. The summed E-state index contributed by atoms with van der Waals surface area (Å²) in [5, 5.41) is 8.04. The van der Waals surface area contributed by atoms with Gasteiger partial charge in [-0.15, -0.1) is 0 Å². The summed E-state index contributed by atoms with van der Waals surface area (Å²) in [6.07, 6.45) is 9.58. The van der Waals surface area contributed by atoms with Crippen molar-refractivity contribution in [1.82, 2.24) is 19.9 Å². The molecule has 4 heteroatoms. The highest BCUT2D eigenvalue weighted by molar-refractivity contribution is 5.38. The van der Waals surface area contributed by atoms with E-state index in [0.717, 1.165) is 23.8 Å². The molecule has 0 amide bonds. The van der Waals surface area contributed by atoms with E-state index in [0.29, 0.717) is 6.04 Å². The van der Waals surface area contributed by atoms with Gasteiger partial charge in [-0.05, 0) is 32.6 Å².